The topological polar surface area (TPSA) is 34.0 Å². The van der Waals surface area contributed by atoms with Crippen molar-refractivity contribution in [1.29, 1.82) is 0 Å². The fourth-order valence-corrected chi connectivity index (χ4v) is 2.11. The third-order valence-corrected chi connectivity index (χ3v) is 3.14. The minimum absolute atomic E-state index is 0.0313. The molecule has 0 saturated heterocycles. The smallest absolute Gasteiger partial charge is 0.258 e. The Balaban J connectivity index is 2.03. The van der Waals surface area contributed by atoms with E-state index in [9.17, 15) is 4.79 Å². The second-order valence-corrected chi connectivity index (χ2v) is 4.52. The monoisotopic (exact) mass is 250 g/mol. The molecule has 1 N–H and O–H groups in total. The molecular weight excluding hydrogens is 236 g/mol. The minimum atomic E-state index is 0.0313. The van der Waals surface area contributed by atoms with Gasteiger partial charge in [-0.3, -0.25) is 4.79 Å². The van der Waals surface area contributed by atoms with Crippen molar-refractivity contribution in [2.45, 2.75) is 0 Å². The third kappa shape index (κ3) is 2.22. The summed E-state index contributed by atoms with van der Waals surface area (Å²) in [4.78, 5) is 11.9. The number of pyridine rings is 1. The van der Waals surface area contributed by atoms with Gasteiger partial charge in [0.05, 0.1) is 0 Å². The molecule has 3 rings (SSSR count). The predicted molar refractivity (Wildman–Crippen MR) is 78.9 cm³/mol. The highest BCUT2D eigenvalue weighted by Gasteiger charge is 2.01. The fourth-order valence-electron chi connectivity index (χ4n) is 2.11. The predicted octanol–water partition coefficient (Wildman–Crippen LogP) is 3.28. The van der Waals surface area contributed by atoms with Gasteiger partial charge in [0.15, 0.2) is 0 Å². The molecule has 3 heteroatoms. The average molecular weight is 250 g/mol. The maximum absolute atomic E-state index is 11.9. The quantitative estimate of drug-likeness (QED) is 0.757. The van der Waals surface area contributed by atoms with E-state index >= 15 is 0 Å². The molecule has 0 radical (unpaired) electrons. The second-order valence-electron chi connectivity index (χ2n) is 4.52. The van der Waals surface area contributed by atoms with E-state index < -0.39 is 0 Å². The standard InChI is InChI=1S/C16H14N2O/c1-18-10-9-12-11-14(7-8-15(12)16(18)19)17-13-5-3-2-4-6-13/h2-11,17H,1H3. The van der Waals surface area contributed by atoms with Crippen molar-refractivity contribution in [1.82, 2.24) is 4.57 Å². The molecule has 3 aromatic rings. The van der Waals surface area contributed by atoms with E-state index in [2.05, 4.69) is 5.32 Å². The highest BCUT2D eigenvalue weighted by atomic mass is 16.1. The Labute approximate surface area is 111 Å². The molecule has 0 bridgehead atoms. The van der Waals surface area contributed by atoms with E-state index in [0.29, 0.717) is 0 Å². The fraction of sp³-hybridized carbons (Fsp3) is 0.0625. The van der Waals surface area contributed by atoms with Gasteiger partial charge in [0.2, 0.25) is 0 Å². The van der Waals surface area contributed by atoms with Crippen molar-refractivity contribution in [2.24, 2.45) is 7.05 Å². The van der Waals surface area contributed by atoms with Gasteiger partial charge in [-0.1, -0.05) is 18.2 Å². The van der Waals surface area contributed by atoms with E-state index in [4.69, 9.17) is 0 Å². The Morgan fingerprint density at radius 3 is 2.53 bits per heavy atom. The Morgan fingerprint density at radius 1 is 0.947 bits per heavy atom. The summed E-state index contributed by atoms with van der Waals surface area (Å²) < 4.78 is 1.59. The van der Waals surface area contributed by atoms with Crippen LogP contribution < -0.4 is 10.9 Å². The van der Waals surface area contributed by atoms with Crippen LogP contribution in [0.4, 0.5) is 11.4 Å². The molecule has 0 aliphatic rings. The molecule has 1 heterocycles. The molecule has 0 amide bonds. The summed E-state index contributed by atoms with van der Waals surface area (Å²) in [7, 11) is 1.76. The highest BCUT2D eigenvalue weighted by molar-refractivity contribution is 5.85. The van der Waals surface area contributed by atoms with Crippen LogP contribution in [-0.4, -0.2) is 4.57 Å². The lowest BCUT2D eigenvalue weighted by atomic mass is 10.1. The van der Waals surface area contributed by atoms with Crippen LogP contribution in [0.3, 0.4) is 0 Å². The maximum atomic E-state index is 11.9. The van der Waals surface area contributed by atoms with Crippen LogP contribution in [0.2, 0.25) is 0 Å². The first kappa shape index (κ1) is 11.5. The minimum Gasteiger partial charge on any atom is -0.356 e. The second kappa shape index (κ2) is 4.61. The molecule has 0 spiro atoms. The molecule has 0 aliphatic carbocycles. The third-order valence-electron chi connectivity index (χ3n) is 3.14. The van der Waals surface area contributed by atoms with Gasteiger partial charge in [-0.05, 0) is 41.8 Å². The van der Waals surface area contributed by atoms with Crippen molar-refractivity contribution in [3.63, 3.8) is 0 Å². The molecule has 19 heavy (non-hydrogen) atoms. The Morgan fingerprint density at radius 2 is 1.74 bits per heavy atom. The zero-order valence-electron chi connectivity index (χ0n) is 10.6. The van der Waals surface area contributed by atoms with Crippen molar-refractivity contribution >= 4 is 22.1 Å². The van der Waals surface area contributed by atoms with E-state index in [1.807, 2.05) is 54.6 Å². The van der Waals surface area contributed by atoms with Gasteiger partial charge in [-0.2, -0.15) is 0 Å². The molecule has 0 aliphatic heterocycles. The summed E-state index contributed by atoms with van der Waals surface area (Å²) in [6.07, 6.45) is 1.79. The van der Waals surface area contributed by atoms with Gasteiger partial charge in [0.25, 0.3) is 5.56 Å². The number of aromatic nitrogens is 1. The number of benzene rings is 2. The summed E-state index contributed by atoms with van der Waals surface area (Å²) >= 11 is 0. The summed E-state index contributed by atoms with van der Waals surface area (Å²) in [5.41, 5.74) is 2.04. The molecule has 94 valence electrons. The van der Waals surface area contributed by atoms with Crippen molar-refractivity contribution < 1.29 is 0 Å². The van der Waals surface area contributed by atoms with Crippen molar-refractivity contribution in [2.75, 3.05) is 5.32 Å². The number of hydrogen-bond acceptors (Lipinski definition) is 2. The number of rotatable bonds is 2. The first-order chi connectivity index (χ1) is 9.24. The Hall–Kier alpha value is -2.55. The summed E-state index contributed by atoms with van der Waals surface area (Å²) in [6, 6.07) is 17.7. The van der Waals surface area contributed by atoms with Crippen molar-refractivity contribution in [3.05, 3.63) is 71.1 Å². The Bertz CT molecular complexity index is 776. The highest BCUT2D eigenvalue weighted by Crippen LogP contribution is 2.20. The van der Waals surface area contributed by atoms with E-state index in [1.165, 1.54) is 0 Å². The number of fused-ring (bicyclic) bond motifs is 1. The number of para-hydroxylation sites is 1. The first-order valence-corrected chi connectivity index (χ1v) is 6.15. The zero-order valence-corrected chi connectivity index (χ0v) is 10.6. The van der Waals surface area contributed by atoms with Crippen molar-refractivity contribution in [3.8, 4) is 0 Å². The maximum Gasteiger partial charge on any atom is 0.258 e. The molecule has 2 aromatic carbocycles. The molecule has 0 unspecified atom stereocenters. The molecule has 0 atom stereocenters. The lowest BCUT2D eigenvalue weighted by Crippen LogP contribution is -2.15. The van der Waals surface area contributed by atoms with Crippen LogP contribution in [0.15, 0.2) is 65.6 Å². The Kier molecular flexibility index (Phi) is 2.80. The van der Waals surface area contributed by atoms with Crippen LogP contribution in [-0.2, 0) is 7.05 Å². The first-order valence-electron chi connectivity index (χ1n) is 6.15. The van der Waals surface area contributed by atoms with Crippen LogP contribution in [0.1, 0.15) is 0 Å². The summed E-state index contributed by atoms with van der Waals surface area (Å²) in [5, 5.41) is 5.01. The molecule has 3 nitrogen and oxygen atoms in total. The summed E-state index contributed by atoms with van der Waals surface area (Å²) in [6.45, 7) is 0. The zero-order chi connectivity index (χ0) is 13.2. The number of nitrogens with one attached hydrogen (secondary N) is 1. The van der Waals surface area contributed by atoms with Gasteiger partial charge in [0, 0.05) is 30.0 Å². The SMILES string of the molecule is Cn1ccc2cc(Nc3ccccc3)ccc2c1=O. The van der Waals surface area contributed by atoms with Crippen LogP contribution >= 0.6 is 0 Å². The molecule has 0 fully saturated rings. The van der Waals surface area contributed by atoms with Gasteiger partial charge in [0.1, 0.15) is 0 Å². The van der Waals surface area contributed by atoms with Gasteiger partial charge < -0.3 is 9.88 Å². The van der Waals surface area contributed by atoms with Gasteiger partial charge in [-0.15, -0.1) is 0 Å². The number of nitrogens with zero attached hydrogens (tertiary/aromatic N) is 1. The molecule has 0 saturated carbocycles. The molecular formula is C16H14N2O. The van der Waals surface area contributed by atoms with Crippen LogP contribution in [0, 0.1) is 0 Å². The summed E-state index contributed by atoms with van der Waals surface area (Å²) in [5.74, 6) is 0. The largest absolute Gasteiger partial charge is 0.356 e. The van der Waals surface area contributed by atoms with Gasteiger partial charge >= 0.3 is 0 Å². The molecule has 1 aromatic heterocycles. The van der Waals surface area contributed by atoms with Crippen LogP contribution in [0.25, 0.3) is 10.8 Å². The normalized spacial score (nSPS) is 10.6. The lowest BCUT2D eigenvalue weighted by molar-refractivity contribution is 0.873. The number of hydrogen-bond donors (Lipinski definition) is 1. The van der Waals surface area contributed by atoms with Gasteiger partial charge in [-0.25, -0.2) is 0 Å². The van der Waals surface area contributed by atoms with E-state index in [-0.39, 0.29) is 5.56 Å². The number of anilines is 2. The number of aryl methyl sites for hydroxylation is 1. The lowest BCUT2D eigenvalue weighted by Gasteiger charge is -2.08. The van der Waals surface area contributed by atoms with E-state index in [0.717, 1.165) is 22.1 Å². The van der Waals surface area contributed by atoms with E-state index in [1.54, 1.807) is 17.8 Å². The van der Waals surface area contributed by atoms with Crippen LogP contribution in [0.5, 0.6) is 0 Å². The average Bonchev–Trinajstić information content (AvgIpc) is 2.44.